The van der Waals surface area contributed by atoms with Gasteiger partial charge in [0.15, 0.2) is 11.5 Å². The van der Waals surface area contributed by atoms with Crippen LogP contribution in [0.25, 0.3) is 0 Å². The van der Waals surface area contributed by atoms with E-state index >= 15 is 0 Å². The summed E-state index contributed by atoms with van der Waals surface area (Å²) >= 11 is 0. The normalized spacial score (nSPS) is 14.7. The predicted molar refractivity (Wildman–Crippen MR) is 132 cm³/mol. The van der Waals surface area contributed by atoms with Gasteiger partial charge in [0.1, 0.15) is 11.5 Å². The molecule has 0 unspecified atom stereocenters. The Bertz CT molecular complexity index is 1250. The van der Waals surface area contributed by atoms with Gasteiger partial charge < -0.3 is 23.8 Å². The number of carbonyl (C=O) groups excluding carboxylic acids is 2. The first-order valence-corrected chi connectivity index (χ1v) is 11.4. The topological polar surface area (TPSA) is 74.3 Å². The van der Waals surface area contributed by atoms with Crippen LogP contribution in [0.3, 0.4) is 0 Å². The zero-order valence-corrected chi connectivity index (χ0v) is 20.6. The number of carbonyl (C=O) groups is 2. The van der Waals surface area contributed by atoms with Crippen molar-refractivity contribution in [1.29, 1.82) is 0 Å². The molecule has 1 atom stereocenters. The number of benzene rings is 3. The van der Waals surface area contributed by atoms with Crippen LogP contribution in [-0.2, 0) is 11.2 Å². The first-order chi connectivity index (χ1) is 16.9. The molecular weight excluding hydrogens is 446 g/mol. The summed E-state index contributed by atoms with van der Waals surface area (Å²) in [5.74, 6) is 1.81. The Morgan fingerprint density at radius 3 is 2.20 bits per heavy atom. The predicted octanol–water partition coefficient (Wildman–Crippen LogP) is 4.73. The van der Waals surface area contributed by atoms with Gasteiger partial charge in [-0.05, 0) is 66.4 Å². The Hall–Kier alpha value is -4.00. The van der Waals surface area contributed by atoms with Gasteiger partial charge in [0.05, 0.1) is 27.4 Å². The summed E-state index contributed by atoms with van der Waals surface area (Å²) in [5.41, 5.74) is 4.13. The molecule has 0 saturated heterocycles. The van der Waals surface area contributed by atoms with Crippen LogP contribution in [0.4, 0.5) is 0 Å². The number of rotatable bonds is 6. The summed E-state index contributed by atoms with van der Waals surface area (Å²) in [6.45, 7) is 3.64. The average Bonchev–Trinajstić information content (AvgIpc) is 2.87. The van der Waals surface area contributed by atoms with Crippen molar-refractivity contribution in [1.82, 2.24) is 4.90 Å². The highest BCUT2D eigenvalue weighted by atomic mass is 16.5. The number of ether oxygens (including phenoxy) is 4. The van der Waals surface area contributed by atoms with Gasteiger partial charge in [0.2, 0.25) is 0 Å². The summed E-state index contributed by atoms with van der Waals surface area (Å²) in [6, 6.07) is 16.5. The molecule has 182 valence electrons. The van der Waals surface area contributed by atoms with Gasteiger partial charge in [-0.25, -0.2) is 0 Å². The fourth-order valence-electron chi connectivity index (χ4n) is 4.58. The minimum Gasteiger partial charge on any atom is -0.497 e. The average molecular weight is 476 g/mol. The van der Waals surface area contributed by atoms with Crippen LogP contribution in [0.15, 0.2) is 54.6 Å². The highest BCUT2D eigenvalue weighted by Crippen LogP contribution is 2.42. The Kier molecular flexibility index (Phi) is 6.96. The molecule has 7 heteroatoms. The van der Waals surface area contributed by atoms with Crippen molar-refractivity contribution in [2.75, 3.05) is 27.9 Å². The number of nitrogens with zero attached hydrogens (tertiary/aromatic N) is 1. The summed E-state index contributed by atoms with van der Waals surface area (Å²) in [7, 11) is 4.84. The van der Waals surface area contributed by atoms with Crippen LogP contribution in [-0.4, -0.2) is 44.7 Å². The van der Waals surface area contributed by atoms with Crippen LogP contribution < -0.4 is 18.9 Å². The molecule has 3 aromatic rings. The number of hydrogen-bond donors (Lipinski definition) is 0. The van der Waals surface area contributed by atoms with Crippen molar-refractivity contribution in [2.45, 2.75) is 26.3 Å². The third kappa shape index (κ3) is 4.67. The number of esters is 1. The van der Waals surface area contributed by atoms with E-state index in [1.54, 1.807) is 46.5 Å². The molecule has 0 spiro atoms. The quantitative estimate of drug-likeness (QED) is 0.379. The number of methoxy groups -OCH3 is 3. The second-order valence-corrected chi connectivity index (χ2v) is 8.35. The van der Waals surface area contributed by atoms with E-state index in [0.717, 1.165) is 22.4 Å². The lowest BCUT2D eigenvalue weighted by atomic mass is 9.87. The lowest BCUT2D eigenvalue weighted by molar-refractivity contribution is -0.131. The van der Waals surface area contributed by atoms with Crippen molar-refractivity contribution in [2.24, 2.45) is 0 Å². The Balaban J connectivity index is 1.83. The monoisotopic (exact) mass is 475 g/mol. The van der Waals surface area contributed by atoms with Gasteiger partial charge in [-0.1, -0.05) is 18.2 Å². The smallest absolute Gasteiger partial charge is 0.308 e. The molecule has 1 aliphatic heterocycles. The second-order valence-electron chi connectivity index (χ2n) is 8.35. The van der Waals surface area contributed by atoms with Crippen LogP contribution in [0.5, 0.6) is 23.0 Å². The van der Waals surface area contributed by atoms with Crippen molar-refractivity contribution >= 4 is 11.9 Å². The van der Waals surface area contributed by atoms with E-state index in [1.165, 1.54) is 6.92 Å². The SMILES string of the molecule is COc1ccc([C@@H]2c3cc(OC)c(OC)cc3CCN2C(=O)c2cccc(OC(C)=O)c2C)cc1. The van der Waals surface area contributed by atoms with E-state index in [4.69, 9.17) is 18.9 Å². The molecule has 3 aromatic carbocycles. The molecule has 0 N–H and O–H groups in total. The first-order valence-electron chi connectivity index (χ1n) is 11.4. The van der Waals surface area contributed by atoms with E-state index in [2.05, 4.69) is 0 Å². The maximum Gasteiger partial charge on any atom is 0.308 e. The molecular formula is C28H29NO6. The summed E-state index contributed by atoms with van der Waals surface area (Å²) in [5, 5.41) is 0. The second kappa shape index (κ2) is 10.1. The van der Waals surface area contributed by atoms with Crippen LogP contribution in [0.1, 0.15) is 45.6 Å². The van der Waals surface area contributed by atoms with Crippen LogP contribution in [0.2, 0.25) is 0 Å². The number of amides is 1. The molecule has 0 radical (unpaired) electrons. The highest BCUT2D eigenvalue weighted by Gasteiger charge is 2.34. The lowest BCUT2D eigenvalue weighted by Crippen LogP contribution is -2.41. The molecule has 1 heterocycles. The maximum absolute atomic E-state index is 14.0. The molecule has 0 aliphatic carbocycles. The zero-order chi connectivity index (χ0) is 25.1. The molecule has 0 fully saturated rings. The minimum absolute atomic E-state index is 0.141. The van der Waals surface area contributed by atoms with Gasteiger partial charge in [0, 0.05) is 24.6 Å². The van der Waals surface area contributed by atoms with Crippen molar-refractivity contribution in [3.8, 4) is 23.0 Å². The van der Waals surface area contributed by atoms with Gasteiger partial charge in [-0.15, -0.1) is 0 Å². The fraction of sp³-hybridized carbons (Fsp3) is 0.286. The summed E-state index contributed by atoms with van der Waals surface area (Å²) in [6.07, 6.45) is 0.663. The van der Waals surface area contributed by atoms with Gasteiger partial charge in [0.25, 0.3) is 5.91 Å². The van der Waals surface area contributed by atoms with Crippen molar-refractivity contribution < 1.29 is 28.5 Å². The van der Waals surface area contributed by atoms with E-state index in [0.29, 0.717) is 41.3 Å². The van der Waals surface area contributed by atoms with Crippen molar-refractivity contribution in [3.63, 3.8) is 0 Å². The molecule has 1 amide bonds. The zero-order valence-electron chi connectivity index (χ0n) is 20.6. The lowest BCUT2D eigenvalue weighted by Gasteiger charge is -2.38. The molecule has 4 rings (SSSR count). The Labute approximate surface area is 205 Å². The van der Waals surface area contributed by atoms with Gasteiger partial charge in [-0.2, -0.15) is 0 Å². The van der Waals surface area contributed by atoms with E-state index in [1.807, 2.05) is 41.3 Å². The Morgan fingerprint density at radius 2 is 1.57 bits per heavy atom. The van der Waals surface area contributed by atoms with Crippen LogP contribution in [0, 0.1) is 6.92 Å². The van der Waals surface area contributed by atoms with Gasteiger partial charge in [-0.3, -0.25) is 9.59 Å². The first kappa shape index (κ1) is 24.1. The largest absolute Gasteiger partial charge is 0.497 e. The third-order valence-electron chi connectivity index (χ3n) is 6.33. The Morgan fingerprint density at radius 1 is 0.886 bits per heavy atom. The van der Waals surface area contributed by atoms with E-state index in [-0.39, 0.29) is 11.9 Å². The third-order valence-corrected chi connectivity index (χ3v) is 6.33. The molecule has 1 aliphatic rings. The minimum atomic E-state index is -0.429. The highest BCUT2D eigenvalue weighted by molar-refractivity contribution is 5.97. The summed E-state index contributed by atoms with van der Waals surface area (Å²) < 4.78 is 21.7. The van der Waals surface area contributed by atoms with Gasteiger partial charge >= 0.3 is 5.97 Å². The number of fused-ring (bicyclic) bond motifs is 1. The molecule has 0 bridgehead atoms. The maximum atomic E-state index is 14.0. The molecule has 7 nitrogen and oxygen atoms in total. The standard InChI is InChI=1S/C28H29NO6/c1-17-22(7-6-8-24(17)35-18(2)30)28(31)29-14-13-20-15-25(33-4)26(34-5)16-23(20)27(29)19-9-11-21(32-3)12-10-19/h6-12,15-16,27H,13-14H2,1-5H3/t27-/m1/s1. The van der Waals surface area contributed by atoms with E-state index < -0.39 is 5.97 Å². The fourth-order valence-corrected chi connectivity index (χ4v) is 4.58. The summed E-state index contributed by atoms with van der Waals surface area (Å²) in [4.78, 5) is 27.4. The number of hydrogen-bond acceptors (Lipinski definition) is 6. The molecule has 0 saturated carbocycles. The van der Waals surface area contributed by atoms with E-state index in [9.17, 15) is 9.59 Å². The van der Waals surface area contributed by atoms with Crippen LogP contribution >= 0.6 is 0 Å². The molecule has 0 aromatic heterocycles. The molecule has 35 heavy (non-hydrogen) atoms. The van der Waals surface area contributed by atoms with Crippen molar-refractivity contribution in [3.05, 3.63) is 82.4 Å².